The Morgan fingerprint density at radius 3 is 2.22 bits per heavy atom. The molecule has 2 heterocycles. The first-order chi connectivity index (χ1) is 23.5. The number of carbonyl (C=O) groups is 5. The topological polar surface area (TPSA) is 179 Å². The molecule has 1 aliphatic carbocycles. The SMILES string of the molecule is CCNC(=O)C1(C(=O)NCC(=O)Nc2ccc(COC(=O)N3CCN(c4cc5c(cc4F)c(=O)c(C(=O)O)cn5CC)CC3)cc2)CCC1. The highest BCUT2D eigenvalue weighted by Crippen LogP contribution is 2.41. The van der Waals surface area contributed by atoms with Crippen LogP contribution in [0.15, 0.2) is 47.4 Å². The summed E-state index contributed by atoms with van der Waals surface area (Å²) in [7, 11) is 0. The molecule has 15 heteroatoms. The molecule has 260 valence electrons. The molecular formula is C34H39FN6O8. The third-order valence-electron chi connectivity index (χ3n) is 9.02. The Morgan fingerprint density at radius 2 is 1.63 bits per heavy atom. The Hall–Kier alpha value is -5.47. The van der Waals surface area contributed by atoms with Crippen LogP contribution in [0.1, 0.15) is 49.0 Å². The summed E-state index contributed by atoms with van der Waals surface area (Å²) >= 11 is 0. The molecule has 14 nitrogen and oxygen atoms in total. The zero-order valence-electron chi connectivity index (χ0n) is 27.3. The number of halogens is 1. The second kappa shape index (κ2) is 14.7. The van der Waals surface area contributed by atoms with Crippen LogP contribution in [0.5, 0.6) is 0 Å². The summed E-state index contributed by atoms with van der Waals surface area (Å²) in [4.78, 5) is 77.7. The Morgan fingerprint density at radius 1 is 0.959 bits per heavy atom. The molecule has 1 saturated heterocycles. The van der Waals surface area contributed by atoms with Crippen LogP contribution in [-0.2, 0) is 32.3 Å². The number of aryl methyl sites for hydroxylation is 1. The highest BCUT2D eigenvalue weighted by molar-refractivity contribution is 6.07. The first-order valence-electron chi connectivity index (χ1n) is 16.2. The van der Waals surface area contributed by atoms with Gasteiger partial charge in [-0.05, 0) is 56.5 Å². The van der Waals surface area contributed by atoms with Gasteiger partial charge in [-0.1, -0.05) is 18.6 Å². The van der Waals surface area contributed by atoms with Gasteiger partial charge in [-0.2, -0.15) is 0 Å². The van der Waals surface area contributed by atoms with E-state index in [1.807, 2.05) is 0 Å². The third-order valence-corrected chi connectivity index (χ3v) is 9.02. The maximum atomic E-state index is 15.2. The van der Waals surface area contributed by atoms with Crippen molar-refractivity contribution in [3.05, 3.63) is 69.8 Å². The standard InChI is InChI=1S/C34H39FN6O8/c1-3-36-31(46)34(10-5-11-34)32(47)37-18-28(42)38-22-8-6-21(7-9-22)20-49-33(48)41-14-12-40(13-15-41)27-17-26-23(16-25(27)35)29(43)24(30(44)45)19-39(26)4-2/h6-9,16-17,19H,3-5,10-15,18,20H2,1-2H3,(H,36,46)(H,37,47)(H,38,42)(H,44,45). The van der Waals surface area contributed by atoms with Crippen molar-refractivity contribution in [2.24, 2.45) is 5.41 Å². The second-order valence-corrected chi connectivity index (χ2v) is 12.0. The Labute approximate surface area is 281 Å². The first-order valence-corrected chi connectivity index (χ1v) is 16.2. The number of carbonyl (C=O) groups excluding carboxylic acids is 4. The zero-order valence-corrected chi connectivity index (χ0v) is 27.3. The molecule has 1 aromatic heterocycles. The van der Waals surface area contributed by atoms with E-state index in [4.69, 9.17) is 4.74 Å². The zero-order chi connectivity index (χ0) is 35.3. The fourth-order valence-electron chi connectivity index (χ4n) is 6.06. The number of benzene rings is 2. The van der Waals surface area contributed by atoms with Gasteiger partial charge in [-0.25, -0.2) is 14.0 Å². The van der Waals surface area contributed by atoms with Crippen LogP contribution in [0.2, 0.25) is 0 Å². The van der Waals surface area contributed by atoms with E-state index in [2.05, 4.69) is 16.0 Å². The van der Waals surface area contributed by atoms with E-state index in [9.17, 15) is 33.9 Å². The number of piperazine rings is 1. The minimum atomic E-state index is -1.38. The average molecular weight is 679 g/mol. The number of ether oxygens (including phenoxy) is 1. The summed E-state index contributed by atoms with van der Waals surface area (Å²) in [6, 6.07) is 9.27. The van der Waals surface area contributed by atoms with Crippen molar-refractivity contribution in [1.29, 1.82) is 0 Å². The molecule has 3 aromatic rings. The van der Waals surface area contributed by atoms with Gasteiger partial charge < -0.3 is 40.2 Å². The van der Waals surface area contributed by atoms with Crippen molar-refractivity contribution >= 4 is 52.1 Å². The molecule has 0 bridgehead atoms. The molecule has 4 amide bonds. The molecule has 2 fully saturated rings. The maximum Gasteiger partial charge on any atom is 0.410 e. The number of hydrogen-bond acceptors (Lipinski definition) is 8. The molecule has 2 aliphatic rings. The smallest absolute Gasteiger partial charge is 0.410 e. The number of aromatic nitrogens is 1. The van der Waals surface area contributed by atoms with E-state index < -0.39 is 46.1 Å². The molecule has 0 radical (unpaired) electrons. The van der Waals surface area contributed by atoms with Crippen LogP contribution >= 0.6 is 0 Å². The summed E-state index contributed by atoms with van der Waals surface area (Å²) in [5, 5.41) is 17.3. The number of rotatable bonds is 11. The number of fused-ring (bicyclic) bond motifs is 1. The lowest BCUT2D eigenvalue weighted by Gasteiger charge is -2.38. The number of amides is 4. The summed E-state index contributed by atoms with van der Waals surface area (Å²) in [6.07, 6.45) is 2.39. The summed E-state index contributed by atoms with van der Waals surface area (Å²) in [5.41, 5.74) is -0.458. The lowest BCUT2D eigenvalue weighted by atomic mass is 9.67. The molecule has 49 heavy (non-hydrogen) atoms. The van der Waals surface area contributed by atoms with E-state index in [1.54, 1.807) is 47.6 Å². The van der Waals surface area contributed by atoms with Gasteiger partial charge in [0.1, 0.15) is 23.4 Å². The predicted molar refractivity (Wildman–Crippen MR) is 178 cm³/mol. The number of hydrogen-bond donors (Lipinski definition) is 4. The first kappa shape index (κ1) is 34.9. The monoisotopic (exact) mass is 678 g/mol. The number of aromatic carboxylic acids is 1. The van der Waals surface area contributed by atoms with Gasteiger partial charge >= 0.3 is 12.1 Å². The molecule has 4 N–H and O–H groups in total. The number of pyridine rings is 1. The lowest BCUT2D eigenvalue weighted by molar-refractivity contribution is -0.150. The minimum absolute atomic E-state index is 0.0133. The van der Waals surface area contributed by atoms with Crippen LogP contribution < -0.4 is 26.3 Å². The Bertz CT molecular complexity index is 1830. The van der Waals surface area contributed by atoms with Crippen molar-refractivity contribution in [2.75, 3.05) is 49.5 Å². The van der Waals surface area contributed by atoms with Gasteiger partial charge in [0, 0.05) is 56.5 Å². The molecule has 0 unspecified atom stereocenters. The average Bonchev–Trinajstić information content (AvgIpc) is 3.06. The lowest BCUT2D eigenvalue weighted by Crippen LogP contribution is -2.56. The third kappa shape index (κ3) is 7.34. The van der Waals surface area contributed by atoms with E-state index in [1.165, 1.54) is 17.2 Å². The van der Waals surface area contributed by atoms with Crippen LogP contribution in [-0.4, -0.2) is 83.6 Å². The van der Waals surface area contributed by atoms with Crippen LogP contribution in [0, 0.1) is 11.2 Å². The quantitative estimate of drug-likeness (QED) is 0.222. The Balaban J connectivity index is 1.09. The van der Waals surface area contributed by atoms with Crippen molar-refractivity contribution in [3.8, 4) is 0 Å². The minimum Gasteiger partial charge on any atom is -0.477 e. The number of carboxylic acids is 1. The summed E-state index contributed by atoms with van der Waals surface area (Å²) < 4.78 is 22.3. The van der Waals surface area contributed by atoms with E-state index in [-0.39, 0.29) is 43.2 Å². The van der Waals surface area contributed by atoms with E-state index in [0.717, 1.165) is 12.5 Å². The normalized spacial score (nSPS) is 15.2. The summed E-state index contributed by atoms with van der Waals surface area (Å²) in [6.45, 7) is 5.21. The van der Waals surface area contributed by atoms with Crippen LogP contribution in [0.3, 0.4) is 0 Å². The van der Waals surface area contributed by atoms with Gasteiger partial charge in [0.25, 0.3) is 0 Å². The molecule has 0 spiro atoms. The van der Waals surface area contributed by atoms with Crippen molar-refractivity contribution in [1.82, 2.24) is 20.1 Å². The van der Waals surface area contributed by atoms with Gasteiger partial charge in [0.05, 0.1) is 17.7 Å². The molecule has 2 aromatic carbocycles. The van der Waals surface area contributed by atoms with Crippen LogP contribution in [0.4, 0.5) is 20.6 Å². The van der Waals surface area contributed by atoms with Crippen molar-refractivity contribution in [3.63, 3.8) is 0 Å². The molecular weight excluding hydrogens is 639 g/mol. The van der Waals surface area contributed by atoms with Gasteiger partial charge in [-0.3, -0.25) is 19.2 Å². The fourth-order valence-corrected chi connectivity index (χ4v) is 6.06. The number of carboxylic acid groups (broad SMARTS) is 1. The Kier molecular flexibility index (Phi) is 10.5. The number of nitrogens with one attached hydrogen (secondary N) is 3. The predicted octanol–water partition coefficient (Wildman–Crippen LogP) is 2.68. The highest BCUT2D eigenvalue weighted by atomic mass is 19.1. The fraction of sp³-hybridized carbons (Fsp3) is 0.412. The van der Waals surface area contributed by atoms with Gasteiger partial charge in [-0.15, -0.1) is 0 Å². The van der Waals surface area contributed by atoms with Gasteiger partial charge in [0.2, 0.25) is 23.2 Å². The van der Waals surface area contributed by atoms with Gasteiger partial charge in [0.15, 0.2) is 0 Å². The van der Waals surface area contributed by atoms with E-state index in [0.29, 0.717) is 55.8 Å². The molecule has 1 aliphatic heterocycles. The van der Waals surface area contributed by atoms with Crippen molar-refractivity contribution in [2.45, 2.75) is 46.3 Å². The number of nitrogens with zero attached hydrogens (tertiary/aromatic N) is 3. The number of anilines is 2. The summed E-state index contributed by atoms with van der Waals surface area (Å²) in [5.74, 6) is -3.26. The molecule has 0 atom stereocenters. The molecule has 1 saturated carbocycles. The molecule has 5 rings (SSSR count). The van der Waals surface area contributed by atoms with Crippen molar-refractivity contribution < 1.29 is 38.2 Å². The van der Waals surface area contributed by atoms with Crippen LogP contribution in [0.25, 0.3) is 10.9 Å². The largest absolute Gasteiger partial charge is 0.477 e. The van der Waals surface area contributed by atoms with E-state index >= 15 is 4.39 Å². The second-order valence-electron chi connectivity index (χ2n) is 12.0. The maximum absolute atomic E-state index is 15.2. The highest BCUT2D eigenvalue weighted by Gasteiger charge is 2.50.